The zero-order chi connectivity index (χ0) is 16.0. The fourth-order valence-corrected chi connectivity index (χ4v) is 2.49. The van der Waals surface area contributed by atoms with Crippen molar-refractivity contribution in [2.75, 3.05) is 18.0 Å². The van der Waals surface area contributed by atoms with Gasteiger partial charge in [-0.1, -0.05) is 39.9 Å². The number of rotatable bonds is 8. The molecule has 0 aliphatic rings. The fourth-order valence-electron chi connectivity index (χ4n) is 2.24. The first-order chi connectivity index (χ1) is 9.82. The van der Waals surface area contributed by atoms with Crippen LogP contribution in [0.25, 0.3) is 0 Å². The molecule has 0 fully saturated rings. The van der Waals surface area contributed by atoms with Gasteiger partial charge in [0.25, 0.3) is 0 Å². The smallest absolute Gasteiger partial charge is 0.139 e. The Morgan fingerprint density at radius 1 is 1.19 bits per heavy atom. The maximum atomic E-state index is 5.93. The summed E-state index contributed by atoms with van der Waals surface area (Å²) in [5.41, 5.74) is 7.96. The molecule has 0 amide bonds. The third kappa shape index (κ3) is 5.62. The normalized spacial score (nSPS) is 11.2. The van der Waals surface area contributed by atoms with Gasteiger partial charge in [-0.15, -0.1) is 0 Å². The molecule has 0 aromatic carbocycles. The van der Waals surface area contributed by atoms with E-state index in [4.69, 9.17) is 18.0 Å². The van der Waals surface area contributed by atoms with Crippen LogP contribution in [0.4, 0.5) is 5.82 Å². The Hall–Kier alpha value is -1.16. The van der Waals surface area contributed by atoms with Crippen LogP contribution in [0.2, 0.25) is 0 Å². The van der Waals surface area contributed by atoms with Gasteiger partial charge in [-0.2, -0.15) is 0 Å². The van der Waals surface area contributed by atoms with Gasteiger partial charge in [-0.05, 0) is 43.2 Å². The molecule has 0 aliphatic carbocycles. The highest BCUT2D eigenvalue weighted by molar-refractivity contribution is 7.80. The third-order valence-corrected chi connectivity index (χ3v) is 3.84. The summed E-state index contributed by atoms with van der Waals surface area (Å²) in [7, 11) is 0. The molecule has 0 saturated heterocycles. The third-order valence-electron chi connectivity index (χ3n) is 3.64. The quantitative estimate of drug-likeness (QED) is 0.739. The second kappa shape index (κ2) is 8.32. The van der Waals surface area contributed by atoms with Gasteiger partial charge in [-0.3, -0.25) is 0 Å². The molecule has 0 aliphatic heterocycles. The maximum Gasteiger partial charge on any atom is 0.139 e. The summed E-state index contributed by atoms with van der Waals surface area (Å²) in [6.45, 7) is 13.0. The largest absolute Gasteiger partial charge is 0.389 e. The monoisotopic (exact) mass is 307 g/mol. The molecule has 1 aromatic rings. The van der Waals surface area contributed by atoms with E-state index in [1.807, 2.05) is 19.2 Å². The minimum atomic E-state index is 0.440. The molecule has 4 heteroatoms. The van der Waals surface area contributed by atoms with Crippen LogP contribution in [0, 0.1) is 18.8 Å². The molecule has 3 nitrogen and oxygen atoms in total. The first-order valence-electron chi connectivity index (χ1n) is 7.83. The molecule has 0 atom stereocenters. The van der Waals surface area contributed by atoms with Crippen LogP contribution in [0.1, 0.15) is 51.7 Å². The summed E-state index contributed by atoms with van der Waals surface area (Å²) in [5, 5.41) is 0. The van der Waals surface area contributed by atoms with E-state index >= 15 is 0 Å². The SMILES string of the molecule is Cc1ccnc(N(CCC(C)C)CCC(C)C)c1C(N)=S. The average molecular weight is 308 g/mol. The second-order valence-corrected chi connectivity index (χ2v) is 6.98. The minimum absolute atomic E-state index is 0.440. The molecule has 0 spiro atoms. The lowest BCUT2D eigenvalue weighted by Crippen LogP contribution is -2.31. The number of thiocarbonyl (C=S) groups is 1. The lowest BCUT2D eigenvalue weighted by atomic mass is 10.1. The van der Waals surface area contributed by atoms with E-state index in [0.29, 0.717) is 16.8 Å². The Morgan fingerprint density at radius 3 is 2.14 bits per heavy atom. The predicted molar refractivity (Wildman–Crippen MR) is 96.0 cm³/mol. The standard InChI is InChI=1S/C17H29N3S/c1-12(2)7-10-20(11-8-13(3)4)17-15(16(18)21)14(5)6-9-19-17/h6,9,12-13H,7-8,10-11H2,1-5H3,(H2,18,21). The van der Waals surface area contributed by atoms with Crippen molar-refractivity contribution >= 4 is 23.0 Å². The molecule has 1 rings (SSSR count). The number of nitrogens with zero attached hydrogens (tertiary/aromatic N) is 2. The topological polar surface area (TPSA) is 42.2 Å². The summed E-state index contributed by atoms with van der Waals surface area (Å²) in [6.07, 6.45) is 4.14. The van der Waals surface area contributed by atoms with Gasteiger partial charge in [0.05, 0.1) is 5.56 Å². The zero-order valence-corrected chi connectivity index (χ0v) is 14.8. The number of hydrogen-bond donors (Lipinski definition) is 1. The van der Waals surface area contributed by atoms with Crippen LogP contribution in [-0.4, -0.2) is 23.1 Å². The van der Waals surface area contributed by atoms with Gasteiger partial charge in [0.1, 0.15) is 10.8 Å². The number of aromatic nitrogens is 1. The molecule has 0 saturated carbocycles. The fraction of sp³-hybridized carbons (Fsp3) is 0.647. The lowest BCUT2D eigenvalue weighted by Gasteiger charge is -2.28. The summed E-state index contributed by atoms with van der Waals surface area (Å²) in [4.78, 5) is 7.36. The van der Waals surface area contributed by atoms with E-state index in [1.165, 1.54) is 0 Å². The van der Waals surface area contributed by atoms with Crippen molar-refractivity contribution < 1.29 is 0 Å². The van der Waals surface area contributed by atoms with Gasteiger partial charge >= 0.3 is 0 Å². The Balaban J connectivity index is 3.06. The Labute approximate surface area is 134 Å². The molecule has 0 unspecified atom stereocenters. The molecule has 1 heterocycles. The molecule has 118 valence electrons. The van der Waals surface area contributed by atoms with Crippen LogP contribution in [0.15, 0.2) is 12.3 Å². The first-order valence-corrected chi connectivity index (χ1v) is 8.24. The van der Waals surface area contributed by atoms with Crippen molar-refractivity contribution in [1.29, 1.82) is 0 Å². The van der Waals surface area contributed by atoms with Crippen LogP contribution in [0.3, 0.4) is 0 Å². The predicted octanol–water partition coefficient (Wildman–Crippen LogP) is 3.92. The highest BCUT2D eigenvalue weighted by Gasteiger charge is 2.17. The highest BCUT2D eigenvalue weighted by Crippen LogP contribution is 2.23. The number of anilines is 1. The number of nitrogens with two attached hydrogens (primary N) is 1. The molecular formula is C17H29N3S. The summed E-state index contributed by atoms with van der Waals surface area (Å²) >= 11 is 5.24. The van der Waals surface area contributed by atoms with Crippen LogP contribution < -0.4 is 10.6 Å². The molecule has 1 aromatic heterocycles. The molecule has 0 bridgehead atoms. The highest BCUT2D eigenvalue weighted by atomic mass is 32.1. The Morgan fingerprint density at radius 2 is 1.71 bits per heavy atom. The van der Waals surface area contributed by atoms with E-state index in [-0.39, 0.29) is 0 Å². The zero-order valence-electron chi connectivity index (χ0n) is 14.0. The van der Waals surface area contributed by atoms with Gasteiger partial charge in [0.15, 0.2) is 0 Å². The van der Waals surface area contributed by atoms with Gasteiger partial charge in [0.2, 0.25) is 0 Å². The van der Waals surface area contributed by atoms with Gasteiger partial charge < -0.3 is 10.6 Å². The molecule has 0 radical (unpaired) electrons. The number of aryl methyl sites for hydroxylation is 1. The second-order valence-electron chi connectivity index (χ2n) is 6.54. The Bertz CT molecular complexity index is 457. The first kappa shape index (κ1) is 17.9. The summed E-state index contributed by atoms with van der Waals surface area (Å²) < 4.78 is 0. The van der Waals surface area contributed by atoms with Crippen molar-refractivity contribution in [3.63, 3.8) is 0 Å². The maximum absolute atomic E-state index is 5.93. The van der Waals surface area contributed by atoms with E-state index in [9.17, 15) is 0 Å². The number of pyridine rings is 1. The molecule has 21 heavy (non-hydrogen) atoms. The van der Waals surface area contributed by atoms with Crippen molar-refractivity contribution in [3.05, 3.63) is 23.4 Å². The molecular weight excluding hydrogens is 278 g/mol. The molecule has 2 N–H and O–H groups in total. The summed E-state index contributed by atoms with van der Waals surface area (Å²) in [6, 6.07) is 1.97. The Kier molecular flexibility index (Phi) is 7.09. The number of hydrogen-bond acceptors (Lipinski definition) is 3. The summed E-state index contributed by atoms with van der Waals surface area (Å²) in [5.74, 6) is 2.29. The lowest BCUT2D eigenvalue weighted by molar-refractivity contribution is 0.533. The van der Waals surface area contributed by atoms with E-state index in [2.05, 4.69) is 37.6 Å². The van der Waals surface area contributed by atoms with E-state index in [0.717, 1.165) is 42.9 Å². The van der Waals surface area contributed by atoms with Crippen LogP contribution >= 0.6 is 12.2 Å². The van der Waals surface area contributed by atoms with Gasteiger partial charge in [-0.25, -0.2) is 4.98 Å². The van der Waals surface area contributed by atoms with Crippen LogP contribution in [0.5, 0.6) is 0 Å². The van der Waals surface area contributed by atoms with Crippen molar-refractivity contribution in [2.24, 2.45) is 17.6 Å². The van der Waals surface area contributed by atoms with Crippen molar-refractivity contribution in [2.45, 2.75) is 47.5 Å². The van der Waals surface area contributed by atoms with Crippen molar-refractivity contribution in [3.8, 4) is 0 Å². The van der Waals surface area contributed by atoms with E-state index in [1.54, 1.807) is 0 Å². The van der Waals surface area contributed by atoms with E-state index < -0.39 is 0 Å². The minimum Gasteiger partial charge on any atom is -0.389 e. The van der Waals surface area contributed by atoms with Gasteiger partial charge in [0, 0.05) is 19.3 Å². The average Bonchev–Trinajstić information content (AvgIpc) is 2.37. The van der Waals surface area contributed by atoms with Crippen molar-refractivity contribution in [1.82, 2.24) is 4.98 Å². The van der Waals surface area contributed by atoms with Crippen LogP contribution in [-0.2, 0) is 0 Å².